The van der Waals surface area contributed by atoms with Gasteiger partial charge in [0.15, 0.2) is 0 Å². The normalized spacial score (nSPS) is 10.3. The van der Waals surface area contributed by atoms with E-state index in [1.54, 1.807) is 24.3 Å². The minimum Gasteiger partial charge on any atom is -0.390 e. The molecule has 0 aliphatic rings. The Morgan fingerprint density at radius 2 is 2.20 bits per heavy atom. The summed E-state index contributed by atoms with van der Waals surface area (Å²) in [6.07, 6.45) is 0. The second kappa shape index (κ2) is 5.97. The smallest absolute Gasteiger partial charge is 0.390 e. The number of rotatable bonds is 4. The SMILES string of the molecule is O=C(Cn1nc([N+](=O)[O-])nc1Br)Nc1ccccc1Cl. The molecule has 2 aromatic rings. The van der Waals surface area contributed by atoms with Crippen LogP contribution in [0.3, 0.4) is 0 Å². The van der Waals surface area contributed by atoms with Gasteiger partial charge in [-0.2, -0.15) is 4.68 Å². The van der Waals surface area contributed by atoms with Crippen LogP contribution in [0.1, 0.15) is 0 Å². The highest BCUT2D eigenvalue weighted by molar-refractivity contribution is 9.10. The maximum absolute atomic E-state index is 11.8. The van der Waals surface area contributed by atoms with Crippen LogP contribution < -0.4 is 5.32 Å². The van der Waals surface area contributed by atoms with Crippen molar-refractivity contribution < 1.29 is 9.72 Å². The third-order valence-corrected chi connectivity index (χ3v) is 3.14. The molecule has 20 heavy (non-hydrogen) atoms. The number of amides is 1. The fourth-order valence-electron chi connectivity index (χ4n) is 1.38. The number of benzene rings is 1. The first kappa shape index (κ1) is 14.4. The largest absolute Gasteiger partial charge is 0.492 e. The molecule has 2 rings (SSSR count). The van der Waals surface area contributed by atoms with E-state index < -0.39 is 16.8 Å². The number of hydrogen-bond acceptors (Lipinski definition) is 5. The van der Waals surface area contributed by atoms with E-state index in [1.165, 1.54) is 0 Å². The quantitative estimate of drug-likeness (QED) is 0.665. The van der Waals surface area contributed by atoms with Gasteiger partial charge in [-0.15, -0.1) is 0 Å². The van der Waals surface area contributed by atoms with Crippen molar-refractivity contribution in [3.05, 3.63) is 44.1 Å². The van der Waals surface area contributed by atoms with Crippen LogP contribution in [0, 0.1) is 10.1 Å². The van der Waals surface area contributed by atoms with E-state index in [2.05, 4.69) is 31.3 Å². The molecule has 0 atom stereocenters. The molecule has 0 spiro atoms. The zero-order valence-corrected chi connectivity index (χ0v) is 12.1. The fourth-order valence-corrected chi connectivity index (χ4v) is 1.92. The summed E-state index contributed by atoms with van der Waals surface area (Å²) in [4.78, 5) is 25.1. The monoisotopic (exact) mass is 359 g/mol. The summed E-state index contributed by atoms with van der Waals surface area (Å²) < 4.78 is 1.17. The van der Waals surface area contributed by atoms with Crippen LogP contribution in [0.5, 0.6) is 0 Å². The molecular weight excluding hydrogens is 353 g/mol. The number of anilines is 1. The van der Waals surface area contributed by atoms with Gasteiger partial charge in [0, 0.05) is 21.0 Å². The molecule has 1 amide bonds. The number of nitrogens with zero attached hydrogens (tertiary/aromatic N) is 4. The van der Waals surface area contributed by atoms with Crippen molar-refractivity contribution in [2.75, 3.05) is 5.32 Å². The van der Waals surface area contributed by atoms with Crippen LogP contribution in [0.2, 0.25) is 5.02 Å². The van der Waals surface area contributed by atoms with E-state index in [1.807, 2.05) is 0 Å². The van der Waals surface area contributed by atoms with Gasteiger partial charge in [0.25, 0.3) is 4.73 Å². The van der Waals surface area contributed by atoms with Gasteiger partial charge >= 0.3 is 5.95 Å². The topological polar surface area (TPSA) is 103 Å². The third kappa shape index (κ3) is 3.31. The Morgan fingerprint density at radius 3 is 2.80 bits per heavy atom. The summed E-state index contributed by atoms with van der Waals surface area (Å²) in [5, 5.41) is 17.1. The van der Waals surface area contributed by atoms with Crippen molar-refractivity contribution in [1.82, 2.24) is 14.8 Å². The molecule has 0 radical (unpaired) electrons. The average Bonchev–Trinajstić information content (AvgIpc) is 2.74. The fraction of sp³-hybridized carbons (Fsp3) is 0.100. The molecule has 1 heterocycles. The Bertz CT molecular complexity index is 675. The van der Waals surface area contributed by atoms with Gasteiger partial charge in [0.05, 0.1) is 10.7 Å². The van der Waals surface area contributed by atoms with Gasteiger partial charge in [-0.25, -0.2) is 0 Å². The lowest BCUT2D eigenvalue weighted by atomic mass is 10.3. The Kier molecular flexibility index (Phi) is 4.30. The first-order chi connectivity index (χ1) is 9.47. The molecule has 0 aliphatic heterocycles. The molecule has 0 saturated carbocycles. The lowest BCUT2D eigenvalue weighted by Gasteiger charge is -2.05. The lowest BCUT2D eigenvalue weighted by molar-refractivity contribution is -0.394. The Balaban J connectivity index is 2.09. The second-order valence-electron chi connectivity index (χ2n) is 3.62. The van der Waals surface area contributed by atoms with Crippen LogP contribution in [0.4, 0.5) is 11.6 Å². The molecule has 10 heteroatoms. The zero-order chi connectivity index (χ0) is 14.7. The van der Waals surface area contributed by atoms with Crippen LogP contribution in [0.15, 0.2) is 29.0 Å². The minimum atomic E-state index is -0.743. The predicted molar refractivity (Wildman–Crippen MR) is 74.5 cm³/mol. The Morgan fingerprint density at radius 1 is 1.50 bits per heavy atom. The molecule has 104 valence electrons. The molecule has 1 aromatic heterocycles. The van der Waals surface area contributed by atoms with Crippen molar-refractivity contribution in [3.63, 3.8) is 0 Å². The van der Waals surface area contributed by atoms with Crippen molar-refractivity contribution >= 4 is 45.1 Å². The molecule has 1 N–H and O–H groups in total. The van der Waals surface area contributed by atoms with Crippen molar-refractivity contribution in [2.24, 2.45) is 0 Å². The summed E-state index contributed by atoms with van der Waals surface area (Å²) in [5.41, 5.74) is 0.449. The summed E-state index contributed by atoms with van der Waals surface area (Å²) in [6, 6.07) is 6.72. The van der Waals surface area contributed by atoms with E-state index in [9.17, 15) is 14.9 Å². The van der Waals surface area contributed by atoms with E-state index in [4.69, 9.17) is 11.6 Å². The summed E-state index contributed by atoms with van der Waals surface area (Å²) in [5.74, 6) is -1.01. The van der Waals surface area contributed by atoms with Crippen LogP contribution in [-0.4, -0.2) is 25.6 Å². The second-order valence-corrected chi connectivity index (χ2v) is 4.74. The number of para-hydroxylation sites is 1. The van der Waals surface area contributed by atoms with Crippen molar-refractivity contribution in [2.45, 2.75) is 6.54 Å². The number of nitrogens with one attached hydrogen (secondary N) is 1. The number of halogens is 2. The Hall–Kier alpha value is -2.00. The van der Waals surface area contributed by atoms with Crippen molar-refractivity contribution in [1.29, 1.82) is 0 Å². The highest BCUT2D eigenvalue weighted by Crippen LogP contribution is 2.20. The van der Waals surface area contributed by atoms with E-state index >= 15 is 0 Å². The van der Waals surface area contributed by atoms with Crippen molar-refractivity contribution in [3.8, 4) is 0 Å². The number of carbonyl (C=O) groups excluding carboxylic acids is 1. The molecule has 0 saturated heterocycles. The van der Waals surface area contributed by atoms with Gasteiger partial charge in [-0.05, 0) is 22.0 Å². The third-order valence-electron chi connectivity index (χ3n) is 2.22. The van der Waals surface area contributed by atoms with Crippen LogP contribution in [-0.2, 0) is 11.3 Å². The van der Waals surface area contributed by atoms with E-state index in [0.717, 1.165) is 4.68 Å². The van der Waals surface area contributed by atoms with Gasteiger partial charge in [-0.1, -0.05) is 23.7 Å². The molecule has 0 fully saturated rings. The molecule has 1 aromatic carbocycles. The predicted octanol–water partition coefficient (Wildman–Crippen LogP) is 2.24. The maximum atomic E-state index is 11.8. The van der Waals surface area contributed by atoms with Crippen LogP contribution in [0.25, 0.3) is 0 Å². The summed E-state index contributed by atoms with van der Waals surface area (Å²) >= 11 is 8.89. The van der Waals surface area contributed by atoms with Gasteiger partial charge in [-0.3, -0.25) is 4.79 Å². The minimum absolute atomic E-state index is 0.0958. The summed E-state index contributed by atoms with van der Waals surface area (Å²) in [7, 11) is 0. The average molecular weight is 361 g/mol. The molecule has 8 nitrogen and oxygen atoms in total. The molecule has 0 unspecified atom stereocenters. The van der Waals surface area contributed by atoms with E-state index in [-0.39, 0.29) is 11.3 Å². The molecule has 0 aliphatic carbocycles. The van der Waals surface area contributed by atoms with Gasteiger partial charge < -0.3 is 15.4 Å². The number of nitro groups is 1. The number of carbonyl (C=O) groups is 1. The molecular formula is C10H7BrClN5O3. The highest BCUT2D eigenvalue weighted by Gasteiger charge is 2.21. The maximum Gasteiger partial charge on any atom is 0.492 e. The first-order valence-corrected chi connectivity index (χ1v) is 6.43. The number of aromatic nitrogens is 3. The first-order valence-electron chi connectivity index (χ1n) is 5.26. The van der Waals surface area contributed by atoms with E-state index in [0.29, 0.717) is 10.7 Å². The molecule has 0 bridgehead atoms. The Labute approximate surface area is 126 Å². The van der Waals surface area contributed by atoms with Crippen LogP contribution >= 0.6 is 27.5 Å². The standard InChI is InChI=1S/C10H7BrClN5O3/c11-9-14-10(17(19)20)15-16(9)5-8(18)13-7-4-2-1-3-6(7)12/h1-4H,5H2,(H,13,18). The zero-order valence-electron chi connectivity index (χ0n) is 9.79. The van der Waals surface area contributed by atoms with Gasteiger partial charge in [0.2, 0.25) is 5.91 Å². The summed E-state index contributed by atoms with van der Waals surface area (Å²) in [6.45, 7) is -0.230. The number of hydrogen-bond donors (Lipinski definition) is 1. The van der Waals surface area contributed by atoms with Gasteiger partial charge in [0.1, 0.15) is 6.54 Å². The highest BCUT2D eigenvalue weighted by atomic mass is 79.9. The lowest BCUT2D eigenvalue weighted by Crippen LogP contribution is -2.20.